The topological polar surface area (TPSA) is 25.4 Å². The highest BCUT2D eigenvalue weighted by Crippen LogP contribution is 2.24. The summed E-state index contributed by atoms with van der Waals surface area (Å²) in [6.45, 7) is 5.94. The summed E-state index contributed by atoms with van der Waals surface area (Å²) in [6, 6.07) is 2.02. The van der Waals surface area contributed by atoms with Crippen molar-refractivity contribution in [1.82, 2.24) is 4.98 Å². The Labute approximate surface area is 114 Å². The first kappa shape index (κ1) is 12.4. The molecule has 2 rings (SSSR count). The van der Waals surface area contributed by atoms with Crippen LogP contribution < -0.4 is 4.90 Å². The van der Waals surface area contributed by atoms with Gasteiger partial charge in [-0.25, -0.2) is 4.98 Å². The van der Waals surface area contributed by atoms with E-state index in [4.69, 9.17) is 16.3 Å². The van der Waals surface area contributed by atoms with Crippen molar-refractivity contribution in [3.8, 4) is 0 Å². The van der Waals surface area contributed by atoms with Crippen molar-refractivity contribution >= 4 is 40.0 Å². The number of hydrogen-bond donors (Lipinski definition) is 0. The molecule has 2 atom stereocenters. The lowest BCUT2D eigenvalue weighted by Gasteiger charge is -2.36. The summed E-state index contributed by atoms with van der Waals surface area (Å²) < 4.78 is 6.73. The largest absolute Gasteiger partial charge is 0.372 e. The number of hydrogen-bond acceptors (Lipinski definition) is 3. The van der Waals surface area contributed by atoms with E-state index in [1.165, 1.54) is 0 Å². The number of ether oxygens (including phenoxy) is 1. The number of aromatic nitrogens is 1. The Morgan fingerprint density at radius 3 is 2.62 bits per heavy atom. The molecule has 0 bridgehead atoms. The van der Waals surface area contributed by atoms with Gasteiger partial charge in [0.05, 0.1) is 17.2 Å². The Hall–Kier alpha value is -0.0700. The predicted octanol–water partition coefficient (Wildman–Crippen LogP) is 2.95. The van der Waals surface area contributed by atoms with Gasteiger partial charge in [0.2, 0.25) is 0 Å². The summed E-state index contributed by atoms with van der Waals surface area (Å²) in [7, 11) is 0. The molecule has 2 heterocycles. The second-order valence-electron chi connectivity index (χ2n) is 4.12. The van der Waals surface area contributed by atoms with E-state index in [0.29, 0.717) is 5.02 Å². The Kier molecular flexibility index (Phi) is 3.92. The summed E-state index contributed by atoms with van der Waals surface area (Å²) in [5.74, 6) is 0.982. The number of nitrogens with zero attached hydrogens (tertiary/aromatic N) is 2. The standard InChI is InChI=1S/C11H14ClIN2O/c1-7-5-15(6-8(2)16-7)11-3-10(13)9(12)4-14-11/h3-4,7-8H,5-6H2,1-2H3/t7-,8+. The zero-order chi connectivity index (χ0) is 11.7. The van der Waals surface area contributed by atoms with E-state index in [0.717, 1.165) is 22.5 Å². The highest BCUT2D eigenvalue weighted by Gasteiger charge is 2.23. The van der Waals surface area contributed by atoms with Crippen LogP contribution in [-0.4, -0.2) is 30.3 Å². The molecule has 0 aliphatic carbocycles. The highest BCUT2D eigenvalue weighted by atomic mass is 127. The van der Waals surface area contributed by atoms with Crippen molar-refractivity contribution in [2.45, 2.75) is 26.1 Å². The van der Waals surface area contributed by atoms with Gasteiger partial charge in [0, 0.05) is 22.9 Å². The van der Waals surface area contributed by atoms with Gasteiger partial charge >= 0.3 is 0 Å². The van der Waals surface area contributed by atoms with Gasteiger partial charge in [-0.3, -0.25) is 0 Å². The van der Waals surface area contributed by atoms with Gasteiger partial charge in [0.1, 0.15) is 5.82 Å². The average Bonchev–Trinajstić information content (AvgIpc) is 2.20. The minimum absolute atomic E-state index is 0.249. The first-order valence-electron chi connectivity index (χ1n) is 5.27. The zero-order valence-electron chi connectivity index (χ0n) is 9.28. The second-order valence-corrected chi connectivity index (χ2v) is 5.69. The Balaban J connectivity index is 2.19. The maximum absolute atomic E-state index is 5.96. The Morgan fingerprint density at radius 2 is 2.06 bits per heavy atom. The number of halogens is 2. The van der Waals surface area contributed by atoms with Crippen molar-refractivity contribution in [2.24, 2.45) is 0 Å². The molecule has 0 amide bonds. The van der Waals surface area contributed by atoms with Crippen LogP contribution in [0.5, 0.6) is 0 Å². The lowest BCUT2D eigenvalue weighted by Crippen LogP contribution is -2.45. The van der Waals surface area contributed by atoms with E-state index in [9.17, 15) is 0 Å². The molecule has 0 spiro atoms. The van der Waals surface area contributed by atoms with Crippen LogP contribution in [0.3, 0.4) is 0 Å². The molecule has 16 heavy (non-hydrogen) atoms. The zero-order valence-corrected chi connectivity index (χ0v) is 12.2. The predicted molar refractivity (Wildman–Crippen MR) is 74.2 cm³/mol. The van der Waals surface area contributed by atoms with Gasteiger partial charge in [-0.15, -0.1) is 0 Å². The van der Waals surface area contributed by atoms with Crippen LogP contribution in [0.1, 0.15) is 13.8 Å². The number of pyridine rings is 1. The monoisotopic (exact) mass is 352 g/mol. The van der Waals surface area contributed by atoms with E-state index in [-0.39, 0.29) is 12.2 Å². The van der Waals surface area contributed by atoms with Gasteiger partial charge in [0.15, 0.2) is 0 Å². The van der Waals surface area contributed by atoms with Gasteiger partial charge in [0.25, 0.3) is 0 Å². The normalized spacial score (nSPS) is 25.9. The molecule has 5 heteroatoms. The first-order valence-corrected chi connectivity index (χ1v) is 6.73. The molecule has 0 N–H and O–H groups in total. The quantitative estimate of drug-likeness (QED) is 0.727. The third-order valence-electron chi connectivity index (χ3n) is 2.54. The minimum Gasteiger partial charge on any atom is -0.372 e. The number of rotatable bonds is 1. The van der Waals surface area contributed by atoms with Gasteiger partial charge in [-0.05, 0) is 42.5 Å². The van der Waals surface area contributed by atoms with Gasteiger partial charge in [-0.2, -0.15) is 0 Å². The van der Waals surface area contributed by atoms with Crippen LogP contribution in [0.4, 0.5) is 5.82 Å². The molecule has 0 aromatic carbocycles. The number of anilines is 1. The molecule has 0 radical (unpaired) electrons. The van der Waals surface area contributed by atoms with Crippen molar-refractivity contribution in [3.63, 3.8) is 0 Å². The third-order valence-corrected chi connectivity index (χ3v) is 4.05. The molecule has 1 aromatic heterocycles. The van der Waals surface area contributed by atoms with Crippen LogP contribution in [0.15, 0.2) is 12.3 Å². The van der Waals surface area contributed by atoms with Crippen LogP contribution >= 0.6 is 34.2 Å². The van der Waals surface area contributed by atoms with E-state index in [2.05, 4.69) is 46.3 Å². The first-order chi connectivity index (χ1) is 7.56. The molecule has 1 fully saturated rings. The van der Waals surface area contributed by atoms with Gasteiger partial charge < -0.3 is 9.64 Å². The maximum Gasteiger partial charge on any atom is 0.129 e. The summed E-state index contributed by atoms with van der Waals surface area (Å²) >= 11 is 8.19. The van der Waals surface area contributed by atoms with E-state index >= 15 is 0 Å². The lowest BCUT2D eigenvalue weighted by molar-refractivity contribution is -0.00546. The molecule has 1 aromatic rings. The van der Waals surface area contributed by atoms with Crippen molar-refractivity contribution in [2.75, 3.05) is 18.0 Å². The third kappa shape index (κ3) is 2.78. The molecule has 1 aliphatic rings. The summed E-state index contributed by atoms with van der Waals surface area (Å²) in [5, 5.41) is 0.707. The summed E-state index contributed by atoms with van der Waals surface area (Å²) in [4.78, 5) is 6.61. The fourth-order valence-electron chi connectivity index (χ4n) is 1.94. The van der Waals surface area contributed by atoms with Crippen LogP contribution in [-0.2, 0) is 4.74 Å². The minimum atomic E-state index is 0.249. The molecule has 1 aliphatic heterocycles. The molecule has 3 nitrogen and oxygen atoms in total. The lowest BCUT2D eigenvalue weighted by atomic mass is 10.2. The molecular formula is C11H14ClIN2O. The fraction of sp³-hybridized carbons (Fsp3) is 0.545. The fourth-order valence-corrected chi connectivity index (χ4v) is 2.46. The Morgan fingerprint density at radius 1 is 1.44 bits per heavy atom. The molecule has 0 saturated carbocycles. The van der Waals surface area contributed by atoms with Crippen LogP contribution in [0.25, 0.3) is 0 Å². The van der Waals surface area contributed by atoms with E-state index in [1.807, 2.05) is 6.07 Å². The molecule has 1 saturated heterocycles. The average molecular weight is 353 g/mol. The van der Waals surface area contributed by atoms with Crippen molar-refractivity contribution in [3.05, 3.63) is 20.9 Å². The van der Waals surface area contributed by atoms with Gasteiger partial charge in [-0.1, -0.05) is 11.6 Å². The second kappa shape index (κ2) is 5.06. The Bertz CT molecular complexity index is 378. The summed E-state index contributed by atoms with van der Waals surface area (Å²) in [6.07, 6.45) is 2.21. The smallest absolute Gasteiger partial charge is 0.129 e. The maximum atomic E-state index is 5.96. The highest BCUT2D eigenvalue weighted by molar-refractivity contribution is 14.1. The van der Waals surface area contributed by atoms with E-state index in [1.54, 1.807) is 6.20 Å². The number of morpholine rings is 1. The summed E-state index contributed by atoms with van der Waals surface area (Å²) in [5.41, 5.74) is 0. The molecule has 88 valence electrons. The molecular weight excluding hydrogens is 338 g/mol. The van der Waals surface area contributed by atoms with Crippen molar-refractivity contribution in [1.29, 1.82) is 0 Å². The molecule has 0 unspecified atom stereocenters. The SMILES string of the molecule is C[C@@H]1CN(c2cc(I)c(Cl)cn2)C[C@H](C)O1. The van der Waals surface area contributed by atoms with Crippen LogP contribution in [0, 0.1) is 3.57 Å². The van der Waals surface area contributed by atoms with E-state index < -0.39 is 0 Å². The van der Waals surface area contributed by atoms with Crippen molar-refractivity contribution < 1.29 is 4.74 Å². The van der Waals surface area contributed by atoms with Crippen LogP contribution in [0.2, 0.25) is 5.02 Å².